The van der Waals surface area contributed by atoms with Crippen molar-refractivity contribution in [1.29, 1.82) is 0 Å². The van der Waals surface area contributed by atoms with Gasteiger partial charge in [-0.3, -0.25) is 38.4 Å². The number of hydrogen-bond donors (Lipinski definition) is 1. The minimum Gasteiger partial charge on any atom is -0.356 e. The summed E-state index contributed by atoms with van der Waals surface area (Å²) in [6.45, 7) is 5.78. The standard InChI is InChI=1S/C55H59N11O5/c1-60-42(29-45-43(17-22-56-52(45)60)39-13-14-46-40(28-39)30-58-66(46)50-8-3-4-27-71-50)34-62-23-20-37(21-24-62)36-9-11-38(12-10-36)54(69)63-25-18-35(19-26-63)32-64-33-41(31-57-64)44-6-5-7-47-51(44)61(2)55(70)65(47)48-15-16-49(67)59-53(48)68/h5-7,9-14,17,22,28-31,33,35,37,48,50H,3-4,8,15-16,18-21,23-27,32,34H2,1-2H3,(H,59,67,68). The van der Waals surface area contributed by atoms with Gasteiger partial charge >= 0.3 is 5.69 Å². The van der Waals surface area contributed by atoms with Crippen LogP contribution in [0.3, 0.4) is 0 Å². The molecule has 12 rings (SSSR count). The molecule has 2 unspecified atom stereocenters. The zero-order valence-electron chi connectivity index (χ0n) is 40.4. The number of aryl methyl sites for hydroxylation is 2. The second-order valence-electron chi connectivity index (χ2n) is 20.2. The summed E-state index contributed by atoms with van der Waals surface area (Å²) in [5.41, 5.74) is 10.5. The van der Waals surface area contributed by atoms with Crippen LogP contribution in [0.5, 0.6) is 0 Å². The Bertz CT molecular complexity index is 3390. The number of carbonyl (C=O) groups is 3. The highest BCUT2D eigenvalue weighted by atomic mass is 16.5. The van der Waals surface area contributed by atoms with Crippen LogP contribution in [-0.2, 0) is 41.5 Å². The fourth-order valence-corrected chi connectivity index (χ4v) is 11.9. The van der Waals surface area contributed by atoms with Crippen LogP contribution < -0.4 is 11.0 Å². The molecule has 0 saturated carbocycles. The number of para-hydroxylation sites is 1. The molecular formula is C55H59N11O5. The first kappa shape index (κ1) is 45.0. The van der Waals surface area contributed by atoms with E-state index in [2.05, 4.69) is 64.3 Å². The number of pyridine rings is 1. The molecule has 2 atom stereocenters. The Morgan fingerprint density at radius 2 is 1.62 bits per heavy atom. The number of amides is 3. The maximum absolute atomic E-state index is 13.7. The summed E-state index contributed by atoms with van der Waals surface area (Å²) in [7, 11) is 3.84. The molecule has 4 aliphatic heterocycles. The Balaban J connectivity index is 0.639. The maximum atomic E-state index is 13.7. The number of aromatic nitrogens is 8. The van der Waals surface area contributed by atoms with Crippen LogP contribution in [0.4, 0.5) is 0 Å². The predicted molar refractivity (Wildman–Crippen MR) is 270 cm³/mol. The van der Waals surface area contributed by atoms with Gasteiger partial charge in [-0.15, -0.1) is 0 Å². The molecule has 9 heterocycles. The van der Waals surface area contributed by atoms with Gasteiger partial charge in [-0.1, -0.05) is 30.3 Å². The molecule has 16 nitrogen and oxygen atoms in total. The molecule has 16 heteroatoms. The first-order valence-corrected chi connectivity index (χ1v) is 25.4. The van der Waals surface area contributed by atoms with Gasteiger partial charge in [-0.05, 0) is 135 Å². The quantitative estimate of drug-likeness (QED) is 0.136. The Kier molecular flexibility index (Phi) is 11.7. The molecule has 0 bridgehead atoms. The van der Waals surface area contributed by atoms with Gasteiger partial charge in [0.15, 0.2) is 6.23 Å². The molecule has 1 N–H and O–H groups in total. The molecule has 3 aromatic carbocycles. The molecule has 4 fully saturated rings. The largest absolute Gasteiger partial charge is 0.356 e. The molecule has 0 radical (unpaired) electrons. The first-order valence-electron chi connectivity index (χ1n) is 25.4. The number of carbonyl (C=O) groups excluding carboxylic acids is 3. The Morgan fingerprint density at radius 1 is 0.789 bits per heavy atom. The fraction of sp³-hybridized carbons (Fsp3) is 0.400. The van der Waals surface area contributed by atoms with Crippen LogP contribution in [0.1, 0.15) is 97.6 Å². The number of hydrogen-bond acceptors (Lipinski definition) is 9. The number of nitrogens with one attached hydrogen (secondary N) is 1. The van der Waals surface area contributed by atoms with E-state index in [1.807, 2.05) is 69.4 Å². The topological polar surface area (TPSA) is 159 Å². The average molecular weight is 954 g/mol. The lowest BCUT2D eigenvalue weighted by molar-refractivity contribution is -0.135. The zero-order valence-corrected chi connectivity index (χ0v) is 40.4. The third kappa shape index (κ3) is 8.35. The Labute approximate surface area is 410 Å². The van der Waals surface area contributed by atoms with Gasteiger partial charge in [-0.25, -0.2) is 14.5 Å². The molecule has 5 aromatic heterocycles. The van der Waals surface area contributed by atoms with Gasteiger partial charge in [-0.2, -0.15) is 10.2 Å². The van der Waals surface area contributed by atoms with Crippen LogP contribution in [0.15, 0.2) is 102 Å². The van der Waals surface area contributed by atoms with Crippen LogP contribution in [0, 0.1) is 5.92 Å². The average Bonchev–Trinajstić information content (AvgIpc) is 4.18. The summed E-state index contributed by atoms with van der Waals surface area (Å²) in [4.78, 5) is 61.2. The molecular weight excluding hydrogens is 895 g/mol. The van der Waals surface area contributed by atoms with Crippen LogP contribution >= 0.6 is 0 Å². The summed E-state index contributed by atoms with van der Waals surface area (Å²) in [6, 6.07) is 24.4. The number of rotatable bonds is 10. The number of piperidine rings is 3. The van der Waals surface area contributed by atoms with Crippen molar-refractivity contribution in [1.82, 2.24) is 53.4 Å². The second-order valence-corrected chi connectivity index (χ2v) is 20.2. The number of imide groups is 1. The van der Waals surface area contributed by atoms with Crippen LogP contribution in [-0.4, -0.2) is 98.6 Å². The minimum atomic E-state index is -0.746. The van der Waals surface area contributed by atoms with Crippen molar-refractivity contribution in [3.63, 3.8) is 0 Å². The van der Waals surface area contributed by atoms with Crippen molar-refractivity contribution in [3.8, 4) is 22.3 Å². The summed E-state index contributed by atoms with van der Waals surface area (Å²) in [6.07, 6.45) is 15.4. The van der Waals surface area contributed by atoms with Gasteiger partial charge in [0, 0.05) is 98.9 Å². The molecule has 4 aliphatic rings. The third-order valence-electron chi connectivity index (χ3n) is 15.9. The van der Waals surface area contributed by atoms with Gasteiger partial charge in [0.1, 0.15) is 11.7 Å². The molecule has 3 amide bonds. The van der Waals surface area contributed by atoms with E-state index in [-0.39, 0.29) is 36.6 Å². The highest BCUT2D eigenvalue weighted by molar-refractivity contribution is 6.01. The summed E-state index contributed by atoms with van der Waals surface area (Å²) < 4.78 is 15.4. The van der Waals surface area contributed by atoms with Crippen molar-refractivity contribution >= 4 is 50.7 Å². The van der Waals surface area contributed by atoms with E-state index in [9.17, 15) is 19.2 Å². The van der Waals surface area contributed by atoms with Gasteiger partial charge in [0.2, 0.25) is 11.8 Å². The Hall–Kier alpha value is -7.17. The lowest BCUT2D eigenvalue weighted by atomic mass is 9.88. The monoisotopic (exact) mass is 953 g/mol. The van der Waals surface area contributed by atoms with E-state index in [0.29, 0.717) is 36.0 Å². The number of imidazole rings is 1. The minimum absolute atomic E-state index is 0.00757. The molecule has 0 aliphatic carbocycles. The van der Waals surface area contributed by atoms with E-state index >= 15 is 0 Å². The van der Waals surface area contributed by atoms with Crippen molar-refractivity contribution < 1.29 is 19.1 Å². The Morgan fingerprint density at radius 3 is 2.41 bits per heavy atom. The summed E-state index contributed by atoms with van der Waals surface area (Å²) >= 11 is 0. The van der Waals surface area contributed by atoms with Gasteiger partial charge in [0.25, 0.3) is 5.91 Å². The van der Waals surface area contributed by atoms with E-state index < -0.39 is 11.9 Å². The summed E-state index contributed by atoms with van der Waals surface area (Å²) in [5, 5.41) is 14.1. The van der Waals surface area contributed by atoms with Crippen molar-refractivity contribution in [3.05, 3.63) is 125 Å². The lowest BCUT2D eigenvalue weighted by Gasteiger charge is -2.33. The first-order chi connectivity index (χ1) is 34.6. The van der Waals surface area contributed by atoms with Crippen molar-refractivity contribution in [2.45, 2.75) is 89.1 Å². The second kappa shape index (κ2) is 18.5. The lowest BCUT2D eigenvalue weighted by Crippen LogP contribution is -2.44. The van der Waals surface area contributed by atoms with E-state index in [0.717, 1.165) is 122 Å². The van der Waals surface area contributed by atoms with Gasteiger partial charge in [0.05, 0.1) is 28.9 Å². The maximum Gasteiger partial charge on any atom is 0.329 e. The summed E-state index contributed by atoms with van der Waals surface area (Å²) in [5.74, 6) is 0.135. The molecule has 0 spiro atoms. The zero-order chi connectivity index (χ0) is 48.3. The van der Waals surface area contributed by atoms with Gasteiger partial charge < -0.3 is 14.2 Å². The normalized spacial score (nSPS) is 19.9. The van der Waals surface area contributed by atoms with E-state index in [1.54, 1.807) is 11.6 Å². The van der Waals surface area contributed by atoms with Crippen LogP contribution in [0.25, 0.3) is 55.2 Å². The van der Waals surface area contributed by atoms with E-state index in [4.69, 9.17) is 19.9 Å². The highest BCUT2D eigenvalue weighted by Crippen LogP contribution is 2.36. The number of benzene rings is 3. The molecule has 71 heavy (non-hydrogen) atoms. The highest BCUT2D eigenvalue weighted by Gasteiger charge is 2.32. The predicted octanol–water partition coefficient (Wildman–Crippen LogP) is 7.72. The number of ether oxygens (including phenoxy) is 1. The molecule has 364 valence electrons. The number of fused-ring (bicyclic) bond motifs is 3. The smallest absolute Gasteiger partial charge is 0.329 e. The molecule has 4 saturated heterocycles. The number of nitrogens with zero attached hydrogens (tertiary/aromatic N) is 10. The SMILES string of the molecule is Cn1c(CN2CCC(c3ccc(C(=O)N4CCC(Cn5cc(-c6cccc7c6n(C)c(=O)n7C6CCC(=O)NC6=O)cn5)CC4)cc3)CC2)cc2c(-c3ccc4c(cnn4C4CCCCO4)c3)ccnc21. The fourth-order valence-electron chi connectivity index (χ4n) is 11.9. The van der Waals surface area contributed by atoms with Crippen molar-refractivity contribution in [2.75, 3.05) is 32.8 Å². The number of likely N-dealkylation sites (tertiary alicyclic amines) is 2. The van der Waals surface area contributed by atoms with Crippen LogP contribution in [0.2, 0.25) is 0 Å². The third-order valence-corrected chi connectivity index (χ3v) is 15.9. The molecule has 8 aromatic rings. The van der Waals surface area contributed by atoms with Crippen molar-refractivity contribution in [2.24, 2.45) is 20.0 Å². The van der Waals surface area contributed by atoms with E-state index in [1.165, 1.54) is 21.4 Å².